The van der Waals surface area contributed by atoms with Crippen molar-refractivity contribution < 1.29 is 9.59 Å². The predicted octanol–water partition coefficient (Wildman–Crippen LogP) is 4.48. The molecule has 0 fully saturated rings. The minimum absolute atomic E-state index is 0.110. The SMILES string of the molecule is CC(=O)C(CSSCC(C)C(=O)C(C)C)CC(C)C. The molecule has 2 atom stereocenters. The van der Waals surface area contributed by atoms with E-state index in [2.05, 4.69) is 13.8 Å². The number of hydrogen-bond donors (Lipinski definition) is 0. The van der Waals surface area contributed by atoms with Crippen LogP contribution in [-0.4, -0.2) is 23.1 Å². The molecule has 0 aliphatic carbocycles. The Labute approximate surface area is 126 Å². The van der Waals surface area contributed by atoms with Crippen molar-refractivity contribution in [2.75, 3.05) is 11.5 Å². The van der Waals surface area contributed by atoms with Gasteiger partial charge < -0.3 is 0 Å². The zero-order chi connectivity index (χ0) is 15.0. The highest BCUT2D eigenvalue weighted by Crippen LogP contribution is 2.29. The van der Waals surface area contributed by atoms with Crippen LogP contribution < -0.4 is 0 Å². The molecular formula is C15H28O2S2. The van der Waals surface area contributed by atoms with Gasteiger partial charge in [0.1, 0.15) is 11.6 Å². The van der Waals surface area contributed by atoms with Crippen LogP contribution in [0.1, 0.15) is 48.0 Å². The standard InChI is InChI=1S/C15H28O2S2/c1-10(2)7-14(13(6)16)9-19-18-8-12(5)15(17)11(3)4/h10-12,14H,7-9H2,1-6H3. The van der Waals surface area contributed by atoms with Crippen LogP contribution in [0.3, 0.4) is 0 Å². The first-order valence-electron chi connectivity index (χ1n) is 7.04. The average molecular weight is 305 g/mol. The van der Waals surface area contributed by atoms with Crippen molar-refractivity contribution >= 4 is 33.2 Å². The Balaban J connectivity index is 3.94. The molecule has 2 unspecified atom stereocenters. The lowest BCUT2D eigenvalue weighted by atomic mass is 9.96. The first-order valence-corrected chi connectivity index (χ1v) is 9.53. The quantitative estimate of drug-likeness (QED) is 0.440. The fourth-order valence-electron chi connectivity index (χ4n) is 1.85. The molecule has 0 saturated heterocycles. The van der Waals surface area contributed by atoms with Crippen molar-refractivity contribution in [3.8, 4) is 0 Å². The van der Waals surface area contributed by atoms with Gasteiger partial charge in [0.05, 0.1) is 0 Å². The Hall–Kier alpha value is 0.0400. The Bertz CT molecular complexity index is 288. The zero-order valence-electron chi connectivity index (χ0n) is 13.1. The molecule has 2 nitrogen and oxygen atoms in total. The molecule has 0 radical (unpaired) electrons. The highest BCUT2D eigenvalue weighted by Gasteiger charge is 2.18. The molecule has 0 aliphatic rings. The van der Waals surface area contributed by atoms with Crippen molar-refractivity contribution in [1.29, 1.82) is 0 Å². The molecular weight excluding hydrogens is 276 g/mol. The van der Waals surface area contributed by atoms with E-state index in [9.17, 15) is 9.59 Å². The van der Waals surface area contributed by atoms with Crippen molar-refractivity contribution in [3.05, 3.63) is 0 Å². The van der Waals surface area contributed by atoms with Gasteiger partial charge in [-0.1, -0.05) is 56.2 Å². The van der Waals surface area contributed by atoms with Crippen LogP contribution in [0.15, 0.2) is 0 Å². The molecule has 19 heavy (non-hydrogen) atoms. The maximum absolute atomic E-state index is 11.7. The molecule has 0 spiro atoms. The van der Waals surface area contributed by atoms with Crippen LogP contribution in [-0.2, 0) is 9.59 Å². The number of carbonyl (C=O) groups is 2. The second-order valence-electron chi connectivity index (χ2n) is 5.96. The van der Waals surface area contributed by atoms with Gasteiger partial charge in [0.2, 0.25) is 0 Å². The fourth-order valence-corrected chi connectivity index (χ4v) is 4.63. The van der Waals surface area contributed by atoms with Crippen molar-refractivity contribution in [3.63, 3.8) is 0 Å². The molecule has 0 aromatic rings. The van der Waals surface area contributed by atoms with Crippen LogP contribution >= 0.6 is 21.6 Å². The molecule has 0 aromatic heterocycles. The van der Waals surface area contributed by atoms with Crippen molar-refractivity contribution in [2.45, 2.75) is 48.0 Å². The van der Waals surface area contributed by atoms with Crippen LogP contribution in [0.4, 0.5) is 0 Å². The summed E-state index contributed by atoms with van der Waals surface area (Å²) in [5.74, 6) is 3.26. The van der Waals surface area contributed by atoms with Crippen LogP contribution in [0.2, 0.25) is 0 Å². The number of hydrogen-bond acceptors (Lipinski definition) is 4. The number of ketones is 2. The predicted molar refractivity (Wildman–Crippen MR) is 87.6 cm³/mol. The summed E-state index contributed by atoms with van der Waals surface area (Å²) in [4.78, 5) is 23.3. The van der Waals surface area contributed by atoms with Crippen LogP contribution in [0.25, 0.3) is 0 Å². The molecule has 0 heterocycles. The van der Waals surface area contributed by atoms with E-state index in [1.54, 1.807) is 28.5 Å². The summed E-state index contributed by atoms with van der Waals surface area (Å²) in [6.45, 7) is 11.9. The Kier molecular flexibility index (Phi) is 9.89. The number of rotatable bonds is 10. The van der Waals surface area contributed by atoms with Crippen LogP contribution in [0, 0.1) is 23.7 Å². The molecule has 4 heteroatoms. The van der Waals surface area contributed by atoms with Gasteiger partial charge in [-0.2, -0.15) is 0 Å². The highest BCUT2D eigenvalue weighted by atomic mass is 33.1. The van der Waals surface area contributed by atoms with E-state index in [0.717, 1.165) is 17.9 Å². The van der Waals surface area contributed by atoms with Crippen LogP contribution in [0.5, 0.6) is 0 Å². The Morgan fingerprint density at radius 1 is 0.947 bits per heavy atom. The Morgan fingerprint density at radius 2 is 1.47 bits per heavy atom. The van der Waals surface area contributed by atoms with Crippen molar-refractivity contribution in [1.82, 2.24) is 0 Å². The minimum Gasteiger partial charge on any atom is -0.300 e. The molecule has 0 saturated carbocycles. The lowest BCUT2D eigenvalue weighted by Crippen LogP contribution is -2.19. The first-order chi connectivity index (χ1) is 8.75. The van der Waals surface area contributed by atoms with Gasteiger partial charge in [-0.05, 0) is 19.3 Å². The van der Waals surface area contributed by atoms with Gasteiger partial charge in [0, 0.05) is 29.3 Å². The summed E-state index contributed by atoms with van der Waals surface area (Å²) in [5, 5.41) is 0. The molecule has 0 bridgehead atoms. The van der Waals surface area contributed by atoms with Gasteiger partial charge in [-0.25, -0.2) is 0 Å². The van der Waals surface area contributed by atoms with E-state index in [0.29, 0.717) is 11.7 Å². The van der Waals surface area contributed by atoms with Gasteiger partial charge in [0.15, 0.2) is 0 Å². The smallest absolute Gasteiger partial charge is 0.139 e. The summed E-state index contributed by atoms with van der Waals surface area (Å²) >= 11 is 0. The lowest BCUT2D eigenvalue weighted by Gasteiger charge is -2.16. The summed E-state index contributed by atoms with van der Waals surface area (Å²) in [5.41, 5.74) is 0. The molecule has 0 rings (SSSR count). The molecule has 0 aromatic carbocycles. The summed E-state index contributed by atoms with van der Waals surface area (Å²) < 4.78 is 0. The molecule has 0 aliphatic heterocycles. The Morgan fingerprint density at radius 3 is 1.89 bits per heavy atom. The number of Topliss-reactive ketones (excluding diaryl/α,β-unsaturated/α-hetero) is 2. The maximum Gasteiger partial charge on any atom is 0.139 e. The second kappa shape index (κ2) is 9.87. The second-order valence-corrected chi connectivity index (χ2v) is 8.52. The third kappa shape index (κ3) is 8.74. The van der Waals surface area contributed by atoms with E-state index in [-0.39, 0.29) is 23.5 Å². The van der Waals surface area contributed by atoms with Gasteiger partial charge >= 0.3 is 0 Å². The summed E-state index contributed by atoms with van der Waals surface area (Å²) in [7, 11) is 3.46. The lowest BCUT2D eigenvalue weighted by molar-refractivity contribution is -0.124. The third-order valence-corrected chi connectivity index (χ3v) is 5.71. The van der Waals surface area contributed by atoms with E-state index >= 15 is 0 Å². The molecule has 112 valence electrons. The summed E-state index contributed by atoms with van der Waals surface area (Å²) in [6, 6.07) is 0. The zero-order valence-corrected chi connectivity index (χ0v) is 14.7. The maximum atomic E-state index is 11.7. The van der Waals surface area contributed by atoms with E-state index in [4.69, 9.17) is 0 Å². The molecule has 0 N–H and O–H groups in total. The topological polar surface area (TPSA) is 34.1 Å². The highest BCUT2D eigenvalue weighted by molar-refractivity contribution is 8.76. The molecule has 0 amide bonds. The van der Waals surface area contributed by atoms with Crippen molar-refractivity contribution in [2.24, 2.45) is 23.7 Å². The van der Waals surface area contributed by atoms with E-state index in [1.807, 2.05) is 20.8 Å². The monoisotopic (exact) mass is 304 g/mol. The van der Waals surface area contributed by atoms with Gasteiger partial charge in [-0.15, -0.1) is 0 Å². The minimum atomic E-state index is 0.110. The van der Waals surface area contributed by atoms with Gasteiger partial charge in [-0.3, -0.25) is 9.59 Å². The van der Waals surface area contributed by atoms with Gasteiger partial charge in [0.25, 0.3) is 0 Å². The normalized spacial score (nSPS) is 14.7. The third-order valence-electron chi connectivity index (χ3n) is 3.06. The fraction of sp³-hybridized carbons (Fsp3) is 0.867. The average Bonchev–Trinajstić information content (AvgIpc) is 2.30. The van der Waals surface area contributed by atoms with E-state index < -0.39 is 0 Å². The largest absolute Gasteiger partial charge is 0.300 e. The van der Waals surface area contributed by atoms with E-state index in [1.165, 1.54) is 0 Å². The summed E-state index contributed by atoms with van der Waals surface area (Å²) in [6.07, 6.45) is 0.962. The first kappa shape index (κ1) is 19.0. The number of carbonyl (C=O) groups excluding carboxylic acids is 2.